The topological polar surface area (TPSA) is 27.7 Å². The summed E-state index contributed by atoms with van der Waals surface area (Å²) < 4.78 is 32.6. The number of hydrogen-bond acceptors (Lipinski definition) is 3. The molecule has 2 aliphatic rings. The van der Waals surface area contributed by atoms with Crippen LogP contribution >= 0.6 is 0 Å². The molecule has 1 aliphatic heterocycles. The summed E-state index contributed by atoms with van der Waals surface area (Å²) in [5.41, 5.74) is 6.10. The predicted octanol–water partition coefficient (Wildman–Crippen LogP) is 8.65. The molecule has 1 aliphatic carbocycles. The summed E-state index contributed by atoms with van der Waals surface area (Å²) in [5, 5.41) is 2.15. The number of ether oxygens (including phenoxy) is 3. The molecule has 3 nitrogen and oxygen atoms in total. The van der Waals surface area contributed by atoms with Crippen molar-refractivity contribution < 1.29 is 18.6 Å². The maximum Gasteiger partial charge on any atom is 0.178 e. The highest BCUT2D eigenvalue weighted by Gasteiger charge is 2.43. The van der Waals surface area contributed by atoms with E-state index in [4.69, 9.17) is 14.2 Å². The van der Waals surface area contributed by atoms with Crippen molar-refractivity contribution in [1.29, 1.82) is 0 Å². The van der Waals surface area contributed by atoms with Gasteiger partial charge < -0.3 is 14.2 Å². The van der Waals surface area contributed by atoms with Gasteiger partial charge in [0, 0.05) is 27.5 Å². The van der Waals surface area contributed by atoms with Crippen LogP contribution in [-0.2, 0) is 11.0 Å². The lowest BCUT2D eigenvalue weighted by molar-refractivity contribution is 0.163. The van der Waals surface area contributed by atoms with Gasteiger partial charge in [0.2, 0.25) is 0 Å². The third-order valence-corrected chi connectivity index (χ3v) is 8.54. The minimum Gasteiger partial charge on any atom is -0.497 e. The third kappa shape index (κ3) is 3.35. The zero-order valence-electron chi connectivity index (χ0n) is 22.9. The van der Waals surface area contributed by atoms with E-state index in [0.717, 1.165) is 61.4 Å². The van der Waals surface area contributed by atoms with Crippen molar-refractivity contribution in [2.45, 2.75) is 24.9 Å². The second-order valence-corrected chi connectivity index (χ2v) is 11.0. The quantitative estimate of drug-likeness (QED) is 0.234. The molecule has 7 rings (SSSR count). The average molecular weight is 529 g/mol. The lowest BCUT2D eigenvalue weighted by Gasteiger charge is -2.38. The first-order chi connectivity index (χ1) is 19.4. The molecule has 40 heavy (non-hydrogen) atoms. The Morgan fingerprint density at radius 1 is 0.725 bits per heavy atom. The van der Waals surface area contributed by atoms with Gasteiger partial charge in [0.25, 0.3) is 0 Å². The third-order valence-electron chi connectivity index (χ3n) is 8.54. The van der Waals surface area contributed by atoms with E-state index in [2.05, 4.69) is 68.5 Å². The first-order valence-electron chi connectivity index (χ1n) is 13.4. The molecule has 198 valence electrons. The molecular formula is C36H29FO3. The van der Waals surface area contributed by atoms with Gasteiger partial charge in [0.15, 0.2) is 5.60 Å². The van der Waals surface area contributed by atoms with E-state index in [1.165, 1.54) is 5.56 Å². The molecule has 0 N–H and O–H groups in total. The van der Waals surface area contributed by atoms with Gasteiger partial charge in [-0.2, -0.15) is 0 Å². The molecule has 0 spiro atoms. The number of benzene rings is 5. The molecule has 0 bridgehead atoms. The maximum atomic E-state index is 14.5. The number of rotatable bonds is 4. The molecule has 0 fully saturated rings. The van der Waals surface area contributed by atoms with Gasteiger partial charge in [-0.05, 0) is 76.2 Å². The van der Waals surface area contributed by atoms with Crippen LogP contribution in [0.5, 0.6) is 17.2 Å². The van der Waals surface area contributed by atoms with Gasteiger partial charge >= 0.3 is 0 Å². The zero-order valence-corrected chi connectivity index (χ0v) is 22.9. The van der Waals surface area contributed by atoms with Gasteiger partial charge in [-0.15, -0.1) is 0 Å². The van der Waals surface area contributed by atoms with Gasteiger partial charge in [-0.25, -0.2) is 4.39 Å². The maximum absolute atomic E-state index is 14.5. The molecule has 4 heteroatoms. The molecule has 0 amide bonds. The largest absolute Gasteiger partial charge is 0.497 e. The Morgan fingerprint density at radius 3 is 1.93 bits per heavy atom. The van der Waals surface area contributed by atoms with E-state index in [9.17, 15) is 4.39 Å². The van der Waals surface area contributed by atoms with Crippen molar-refractivity contribution in [3.63, 3.8) is 0 Å². The smallest absolute Gasteiger partial charge is 0.178 e. The van der Waals surface area contributed by atoms with Crippen LogP contribution in [0.25, 0.3) is 28.0 Å². The van der Waals surface area contributed by atoms with Crippen molar-refractivity contribution in [3.05, 3.63) is 131 Å². The average Bonchev–Trinajstić information content (AvgIpc) is 3.23. The standard InChI is InChI=1S/C36H29FO3/c1-35(2)31-21-24(37)13-18-29(31)32-30-19-20-36(22-9-14-25(38-3)15-10-22,23-11-16-26(39-4)17-12-23)40-34(30)28-8-6-5-7-27(28)33(32)35/h5-21H,1-4H3. The highest BCUT2D eigenvalue weighted by molar-refractivity contribution is 6.06. The van der Waals surface area contributed by atoms with E-state index in [0.29, 0.717) is 0 Å². The van der Waals surface area contributed by atoms with Crippen LogP contribution < -0.4 is 14.2 Å². The fraction of sp³-hybridized carbons (Fsp3) is 0.167. The summed E-state index contributed by atoms with van der Waals surface area (Å²) in [6.45, 7) is 4.37. The van der Waals surface area contributed by atoms with E-state index < -0.39 is 5.60 Å². The second kappa shape index (κ2) is 8.72. The molecule has 0 radical (unpaired) electrons. The van der Waals surface area contributed by atoms with E-state index >= 15 is 0 Å². The van der Waals surface area contributed by atoms with E-state index in [-0.39, 0.29) is 11.2 Å². The van der Waals surface area contributed by atoms with E-state index in [1.807, 2.05) is 36.4 Å². The fourth-order valence-electron chi connectivity index (χ4n) is 6.56. The summed E-state index contributed by atoms with van der Waals surface area (Å²) >= 11 is 0. The summed E-state index contributed by atoms with van der Waals surface area (Å²) in [6.07, 6.45) is 4.33. The Morgan fingerprint density at radius 2 is 1.32 bits per heavy atom. The number of hydrogen-bond donors (Lipinski definition) is 0. The number of fused-ring (bicyclic) bond motifs is 8. The second-order valence-electron chi connectivity index (χ2n) is 11.0. The van der Waals surface area contributed by atoms with Crippen LogP contribution in [0.1, 0.15) is 41.7 Å². The van der Waals surface area contributed by atoms with Gasteiger partial charge in [-0.1, -0.05) is 68.4 Å². The molecule has 0 saturated carbocycles. The fourth-order valence-corrected chi connectivity index (χ4v) is 6.56. The van der Waals surface area contributed by atoms with Crippen LogP contribution in [0.4, 0.5) is 4.39 Å². The molecule has 0 unspecified atom stereocenters. The van der Waals surface area contributed by atoms with Gasteiger partial charge in [0.05, 0.1) is 14.2 Å². The minimum absolute atomic E-state index is 0.220. The first kappa shape index (κ1) is 24.5. The van der Waals surface area contributed by atoms with Crippen LogP contribution in [0.2, 0.25) is 0 Å². The Hall–Kier alpha value is -4.57. The summed E-state index contributed by atoms with van der Waals surface area (Å²) in [4.78, 5) is 0. The predicted molar refractivity (Wildman–Crippen MR) is 158 cm³/mol. The molecule has 0 saturated heterocycles. The highest BCUT2D eigenvalue weighted by atomic mass is 19.1. The monoisotopic (exact) mass is 528 g/mol. The molecule has 5 aromatic rings. The molecule has 0 aromatic heterocycles. The van der Waals surface area contributed by atoms with Crippen LogP contribution in [0.15, 0.2) is 97.1 Å². The molecule has 0 atom stereocenters. The Bertz CT molecular complexity index is 1770. The lowest BCUT2D eigenvalue weighted by atomic mass is 9.78. The normalized spacial score (nSPS) is 15.6. The Kier molecular flexibility index (Phi) is 5.33. The molecule has 1 heterocycles. The van der Waals surface area contributed by atoms with Crippen molar-refractivity contribution in [1.82, 2.24) is 0 Å². The SMILES string of the molecule is COc1ccc(C2(c3ccc(OC)cc3)C=Cc3c4c(c5ccccc5c3O2)C(C)(C)c2cc(F)ccc2-4)cc1. The van der Waals surface area contributed by atoms with Crippen LogP contribution in [0.3, 0.4) is 0 Å². The Labute approximate surface area is 233 Å². The molecular weight excluding hydrogens is 499 g/mol. The summed E-state index contributed by atoms with van der Waals surface area (Å²) in [7, 11) is 3.33. The number of methoxy groups -OCH3 is 2. The van der Waals surface area contributed by atoms with E-state index in [1.54, 1.807) is 26.4 Å². The van der Waals surface area contributed by atoms with Crippen molar-refractivity contribution >= 4 is 16.8 Å². The number of halogens is 1. The van der Waals surface area contributed by atoms with Gasteiger partial charge in [0.1, 0.15) is 23.1 Å². The summed E-state index contributed by atoms with van der Waals surface area (Å²) in [5.74, 6) is 2.16. The zero-order chi connectivity index (χ0) is 27.6. The van der Waals surface area contributed by atoms with Gasteiger partial charge in [-0.3, -0.25) is 0 Å². The molecule has 5 aromatic carbocycles. The van der Waals surface area contributed by atoms with Crippen LogP contribution in [-0.4, -0.2) is 14.2 Å². The highest BCUT2D eigenvalue weighted by Crippen LogP contribution is 2.58. The minimum atomic E-state index is -0.887. The van der Waals surface area contributed by atoms with Crippen molar-refractivity contribution in [3.8, 4) is 28.4 Å². The van der Waals surface area contributed by atoms with Crippen LogP contribution in [0, 0.1) is 5.82 Å². The Balaban J connectivity index is 1.53. The van der Waals surface area contributed by atoms with Crippen molar-refractivity contribution in [2.75, 3.05) is 14.2 Å². The summed E-state index contributed by atoms with van der Waals surface area (Å²) in [6, 6.07) is 29.6. The lowest BCUT2D eigenvalue weighted by Crippen LogP contribution is -2.34. The van der Waals surface area contributed by atoms with Crippen molar-refractivity contribution in [2.24, 2.45) is 0 Å². The first-order valence-corrected chi connectivity index (χ1v) is 13.4.